The third kappa shape index (κ3) is 8.67. The van der Waals surface area contributed by atoms with Crippen molar-refractivity contribution in [2.45, 2.75) is 32.4 Å². The molecule has 0 spiro atoms. The number of piperidine rings is 1. The second-order valence-electron chi connectivity index (χ2n) is 6.73. The molecule has 1 aromatic carbocycles. The summed E-state index contributed by atoms with van der Waals surface area (Å²) in [7, 11) is 0. The SMILES string of the molecule is CCNC(=NCCOc1cccc(C(F)(F)F)c1)N1CCCC(CC(N)=O)C1.I. The number of carbonyl (C=O) groups excluding carboxylic acids is 1. The average Bonchev–Trinajstić information content (AvgIpc) is 2.63. The highest BCUT2D eigenvalue weighted by Crippen LogP contribution is 2.31. The zero-order valence-electron chi connectivity index (χ0n) is 16.4. The number of nitrogens with one attached hydrogen (secondary N) is 1. The van der Waals surface area contributed by atoms with Crippen molar-refractivity contribution in [3.05, 3.63) is 29.8 Å². The van der Waals surface area contributed by atoms with Crippen molar-refractivity contribution >= 4 is 35.8 Å². The quantitative estimate of drug-likeness (QED) is 0.247. The Balaban J connectivity index is 0.00000420. The van der Waals surface area contributed by atoms with Crippen molar-refractivity contribution in [3.8, 4) is 5.75 Å². The number of primary amides is 1. The molecule has 1 aliphatic rings. The van der Waals surface area contributed by atoms with Crippen molar-refractivity contribution in [3.63, 3.8) is 0 Å². The van der Waals surface area contributed by atoms with Gasteiger partial charge in [0.15, 0.2) is 5.96 Å². The summed E-state index contributed by atoms with van der Waals surface area (Å²) in [6.45, 7) is 4.63. The number of ether oxygens (including phenoxy) is 1. The smallest absolute Gasteiger partial charge is 0.416 e. The predicted molar refractivity (Wildman–Crippen MR) is 116 cm³/mol. The number of nitrogens with zero attached hydrogens (tertiary/aromatic N) is 2. The van der Waals surface area contributed by atoms with E-state index in [0.717, 1.165) is 31.5 Å². The lowest BCUT2D eigenvalue weighted by atomic mass is 9.95. The minimum atomic E-state index is -4.40. The maximum Gasteiger partial charge on any atom is 0.416 e. The summed E-state index contributed by atoms with van der Waals surface area (Å²) < 4.78 is 43.6. The standard InChI is InChI=1S/C19H27F3N4O2.HI/c1-2-24-18(26-9-4-5-14(13-26)11-17(23)27)25-8-10-28-16-7-3-6-15(12-16)19(20,21)22;/h3,6-7,12,14H,2,4-5,8-11,13H2,1H3,(H2,23,27)(H,24,25);1H. The second-order valence-corrected chi connectivity index (χ2v) is 6.73. The van der Waals surface area contributed by atoms with Gasteiger partial charge in [0.25, 0.3) is 0 Å². The van der Waals surface area contributed by atoms with Crippen molar-refractivity contribution < 1.29 is 22.7 Å². The number of hydrogen-bond donors (Lipinski definition) is 2. The van der Waals surface area contributed by atoms with Gasteiger partial charge in [-0.2, -0.15) is 13.2 Å². The van der Waals surface area contributed by atoms with Crippen LogP contribution in [0.3, 0.4) is 0 Å². The Morgan fingerprint density at radius 2 is 2.17 bits per heavy atom. The van der Waals surface area contributed by atoms with Gasteiger partial charge in [0, 0.05) is 26.1 Å². The number of guanidine groups is 1. The normalized spacial score (nSPS) is 17.4. The molecule has 1 atom stereocenters. The summed E-state index contributed by atoms with van der Waals surface area (Å²) in [5, 5.41) is 3.21. The molecular formula is C19H28F3IN4O2. The van der Waals surface area contributed by atoms with E-state index in [2.05, 4.69) is 15.2 Å². The van der Waals surface area contributed by atoms with Crippen LogP contribution in [0.2, 0.25) is 0 Å². The number of likely N-dealkylation sites (tertiary alicyclic amines) is 1. The van der Waals surface area contributed by atoms with Crippen LogP contribution in [0, 0.1) is 5.92 Å². The molecule has 3 N–H and O–H groups in total. The average molecular weight is 528 g/mol. The molecule has 1 fully saturated rings. The van der Waals surface area contributed by atoms with Gasteiger partial charge in [-0.25, -0.2) is 4.99 Å². The number of carbonyl (C=O) groups is 1. The third-order valence-electron chi connectivity index (χ3n) is 4.43. The Labute approximate surface area is 186 Å². The summed E-state index contributed by atoms with van der Waals surface area (Å²) in [6.07, 6.45) is -2.14. The minimum Gasteiger partial charge on any atom is -0.492 e. The first kappa shape index (κ1) is 25.3. The summed E-state index contributed by atoms with van der Waals surface area (Å²) in [6, 6.07) is 4.79. The zero-order valence-corrected chi connectivity index (χ0v) is 18.7. The van der Waals surface area contributed by atoms with Gasteiger partial charge in [0.05, 0.1) is 12.1 Å². The molecule has 2 rings (SSSR count). The minimum absolute atomic E-state index is 0. The number of amides is 1. The molecule has 1 heterocycles. The van der Waals surface area contributed by atoms with Gasteiger partial charge >= 0.3 is 6.18 Å². The lowest BCUT2D eigenvalue weighted by Crippen LogP contribution is -2.47. The summed E-state index contributed by atoms with van der Waals surface area (Å²) >= 11 is 0. The third-order valence-corrected chi connectivity index (χ3v) is 4.43. The molecule has 10 heteroatoms. The molecule has 6 nitrogen and oxygen atoms in total. The van der Waals surface area contributed by atoms with Gasteiger partial charge in [0.1, 0.15) is 12.4 Å². The van der Waals surface area contributed by atoms with Crippen LogP contribution in [0.1, 0.15) is 31.7 Å². The van der Waals surface area contributed by atoms with Crippen LogP contribution < -0.4 is 15.8 Å². The highest BCUT2D eigenvalue weighted by Gasteiger charge is 2.30. The number of aliphatic imine (C=N–C) groups is 1. The number of hydrogen-bond acceptors (Lipinski definition) is 3. The molecule has 1 amide bonds. The van der Waals surface area contributed by atoms with Crippen molar-refractivity contribution in [2.75, 3.05) is 32.8 Å². The van der Waals surface area contributed by atoms with Crippen LogP contribution in [0.25, 0.3) is 0 Å². The van der Waals surface area contributed by atoms with Crippen LogP contribution in [0.15, 0.2) is 29.3 Å². The number of rotatable bonds is 7. The molecular weight excluding hydrogens is 500 g/mol. The Bertz CT molecular complexity index is 686. The monoisotopic (exact) mass is 528 g/mol. The number of halogens is 4. The first-order valence-corrected chi connectivity index (χ1v) is 9.41. The molecule has 164 valence electrons. The van der Waals surface area contributed by atoms with E-state index >= 15 is 0 Å². The molecule has 29 heavy (non-hydrogen) atoms. The van der Waals surface area contributed by atoms with Crippen LogP contribution in [-0.2, 0) is 11.0 Å². The molecule has 0 aromatic heterocycles. The van der Waals surface area contributed by atoms with Crippen LogP contribution in [0.4, 0.5) is 13.2 Å². The van der Waals surface area contributed by atoms with Crippen molar-refractivity contribution in [1.29, 1.82) is 0 Å². The van der Waals surface area contributed by atoms with Crippen LogP contribution in [0.5, 0.6) is 5.75 Å². The van der Waals surface area contributed by atoms with Crippen LogP contribution in [-0.4, -0.2) is 49.6 Å². The molecule has 0 bridgehead atoms. The van der Waals surface area contributed by atoms with E-state index in [4.69, 9.17) is 10.5 Å². The Kier molecular flexibility index (Phi) is 10.5. The van der Waals surface area contributed by atoms with E-state index in [1.54, 1.807) is 0 Å². The molecule has 0 radical (unpaired) electrons. The predicted octanol–water partition coefficient (Wildman–Crippen LogP) is 3.26. The zero-order chi connectivity index (χ0) is 20.6. The molecule has 1 aromatic rings. The Morgan fingerprint density at radius 1 is 1.41 bits per heavy atom. The maximum atomic E-state index is 12.7. The maximum absolute atomic E-state index is 12.7. The fraction of sp³-hybridized carbons (Fsp3) is 0.579. The summed E-state index contributed by atoms with van der Waals surface area (Å²) in [5.74, 6) is 0.776. The summed E-state index contributed by atoms with van der Waals surface area (Å²) in [5.41, 5.74) is 4.56. The fourth-order valence-electron chi connectivity index (χ4n) is 3.21. The largest absolute Gasteiger partial charge is 0.492 e. The van der Waals surface area contributed by atoms with Crippen LogP contribution >= 0.6 is 24.0 Å². The number of benzene rings is 1. The fourth-order valence-corrected chi connectivity index (χ4v) is 3.21. The van der Waals surface area contributed by atoms with Gasteiger partial charge in [-0.05, 0) is 43.9 Å². The Hall–Kier alpha value is -1.72. The molecule has 0 aliphatic carbocycles. The molecule has 0 saturated carbocycles. The topological polar surface area (TPSA) is 80.0 Å². The number of nitrogens with two attached hydrogens (primary N) is 1. The van der Waals surface area contributed by atoms with Gasteiger partial charge in [-0.3, -0.25) is 4.79 Å². The first-order valence-electron chi connectivity index (χ1n) is 9.41. The van der Waals surface area contributed by atoms with Gasteiger partial charge < -0.3 is 20.7 Å². The van der Waals surface area contributed by atoms with Gasteiger partial charge in [-0.1, -0.05) is 6.07 Å². The highest BCUT2D eigenvalue weighted by atomic mass is 127. The number of alkyl halides is 3. The summed E-state index contributed by atoms with van der Waals surface area (Å²) in [4.78, 5) is 17.8. The van der Waals surface area contributed by atoms with E-state index in [1.807, 2.05) is 6.92 Å². The van der Waals surface area contributed by atoms with E-state index < -0.39 is 11.7 Å². The van der Waals surface area contributed by atoms with Crippen molar-refractivity contribution in [1.82, 2.24) is 10.2 Å². The highest BCUT2D eigenvalue weighted by molar-refractivity contribution is 14.0. The lowest BCUT2D eigenvalue weighted by Gasteiger charge is -2.34. The van der Waals surface area contributed by atoms with E-state index in [1.165, 1.54) is 12.1 Å². The van der Waals surface area contributed by atoms with Crippen molar-refractivity contribution in [2.24, 2.45) is 16.6 Å². The van der Waals surface area contributed by atoms with E-state index in [9.17, 15) is 18.0 Å². The molecule has 1 saturated heterocycles. The van der Waals surface area contributed by atoms with E-state index in [0.29, 0.717) is 32.0 Å². The van der Waals surface area contributed by atoms with E-state index in [-0.39, 0.29) is 48.2 Å². The van der Waals surface area contributed by atoms with Gasteiger partial charge in [0.2, 0.25) is 5.91 Å². The van der Waals surface area contributed by atoms with Gasteiger partial charge in [-0.15, -0.1) is 24.0 Å². The second kappa shape index (κ2) is 12.1. The lowest BCUT2D eigenvalue weighted by molar-refractivity contribution is -0.137. The molecule has 1 unspecified atom stereocenters. The first-order chi connectivity index (χ1) is 13.3. The molecule has 1 aliphatic heterocycles. The Morgan fingerprint density at radius 3 is 2.83 bits per heavy atom.